The van der Waals surface area contributed by atoms with E-state index in [-0.39, 0.29) is 11.7 Å². The van der Waals surface area contributed by atoms with Gasteiger partial charge in [0.1, 0.15) is 5.60 Å². The molecule has 1 aliphatic rings. The number of amides is 1. The number of rotatable bonds is 6. The summed E-state index contributed by atoms with van der Waals surface area (Å²) in [5.41, 5.74) is 2.18. The van der Waals surface area contributed by atoms with E-state index < -0.39 is 5.60 Å². The summed E-state index contributed by atoms with van der Waals surface area (Å²) in [7, 11) is 0. The van der Waals surface area contributed by atoms with E-state index in [2.05, 4.69) is 54.7 Å². The van der Waals surface area contributed by atoms with Gasteiger partial charge in [0.25, 0.3) is 0 Å². The number of halogens is 2. The highest BCUT2D eigenvalue weighted by molar-refractivity contribution is 9.10. The summed E-state index contributed by atoms with van der Waals surface area (Å²) in [5.74, 6) is 6.18. The molecule has 1 fully saturated rings. The largest absolute Gasteiger partial charge is 0.378 e. The van der Waals surface area contributed by atoms with Crippen LogP contribution in [-0.4, -0.2) is 42.6 Å². The van der Waals surface area contributed by atoms with E-state index in [9.17, 15) is 9.90 Å². The monoisotopic (exact) mass is 545 g/mol. The predicted octanol–water partition coefficient (Wildman–Crippen LogP) is 4.81. The third-order valence-corrected chi connectivity index (χ3v) is 6.66. The van der Waals surface area contributed by atoms with Gasteiger partial charge in [0, 0.05) is 10.0 Å². The molecule has 0 atom stereocenters. The molecule has 0 radical (unpaired) electrons. The van der Waals surface area contributed by atoms with Crippen LogP contribution in [-0.2, 0) is 4.79 Å². The summed E-state index contributed by atoms with van der Waals surface area (Å²) >= 11 is 11.2. The highest BCUT2D eigenvalue weighted by Crippen LogP contribution is 2.41. The Morgan fingerprint density at radius 2 is 2.12 bits per heavy atom. The van der Waals surface area contributed by atoms with Crippen LogP contribution in [0.2, 0.25) is 5.02 Å². The van der Waals surface area contributed by atoms with Crippen LogP contribution in [0.25, 0.3) is 5.69 Å². The van der Waals surface area contributed by atoms with Gasteiger partial charge in [0.15, 0.2) is 0 Å². The van der Waals surface area contributed by atoms with Gasteiger partial charge < -0.3 is 10.4 Å². The molecule has 1 amide bonds. The van der Waals surface area contributed by atoms with Gasteiger partial charge in [-0.05, 0) is 94.9 Å². The van der Waals surface area contributed by atoms with Gasteiger partial charge in [-0.1, -0.05) is 41.3 Å². The minimum atomic E-state index is -1.07. The quantitative estimate of drug-likeness (QED) is 0.341. The first-order valence-corrected chi connectivity index (χ1v) is 12.4. The van der Waals surface area contributed by atoms with Crippen molar-refractivity contribution < 1.29 is 9.90 Å². The Morgan fingerprint density at radius 3 is 2.79 bits per heavy atom. The standard InChI is InChI=1S/C23H21BrClN5O2S/c1-23(2,32)10-9-14-3-7-19(17(24)11-14)26-21(31)13-33-22-27-28-29-30(22)20-8-6-16(12-18(20)25)15-4-5-15/h3,6-8,11-12,15,32H,4-5,13H2,1-2H3,(H,26,31). The second-order valence-corrected chi connectivity index (χ2v) is 10.4. The lowest BCUT2D eigenvalue weighted by Gasteiger charge is -2.09. The minimum Gasteiger partial charge on any atom is -0.378 e. The molecular formula is C23H21BrClN5O2S. The normalized spacial score (nSPS) is 13.4. The van der Waals surface area contributed by atoms with E-state index >= 15 is 0 Å². The maximum Gasteiger partial charge on any atom is 0.234 e. The van der Waals surface area contributed by atoms with Gasteiger partial charge in [-0.3, -0.25) is 4.79 Å². The fraction of sp³-hybridized carbons (Fsp3) is 0.304. The van der Waals surface area contributed by atoms with Crippen LogP contribution in [0.15, 0.2) is 46.0 Å². The molecule has 170 valence electrons. The molecule has 0 aliphatic heterocycles. The van der Waals surface area contributed by atoms with Crippen molar-refractivity contribution in [2.24, 2.45) is 0 Å². The van der Waals surface area contributed by atoms with Gasteiger partial charge in [-0.25, -0.2) is 0 Å². The fourth-order valence-corrected chi connectivity index (χ4v) is 4.45. The predicted molar refractivity (Wildman–Crippen MR) is 133 cm³/mol. The molecule has 1 aromatic heterocycles. The zero-order chi connectivity index (χ0) is 23.6. The highest BCUT2D eigenvalue weighted by atomic mass is 79.9. The first-order chi connectivity index (χ1) is 15.7. The molecule has 4 rings (SSSR count). The van der Waals surface area contributed by atoms with E-state index in [1.165, 1.54) is 30.2 Å². The molecule has 1 saturated carbocycles. The Balaban J connectivity index is 1.39. The zero-order valence-corrected chi connectivity index (χ0v) is 21.1. The van der Waals surface area contributed by atoms with Crippen molar-refractivity contribution in [1.82, 2.24) is 20.2 Å². The van der Waals surface area contributed by atoms with Crippen molar-refractivity contribution in [3.63, 3.8) is 0 Å². The molecule has 33 heavy (non-hydrogen) atoms. The van der Waals surface area contributed by atoms with Gasteiger partial charge in [-0.2, -0.15) is 4.68 Å². The maximum atomic E-state index is 12.5. The van der Waals surface area contributed by atoms with E-state index in [4.69, 9.17) is 11.6 Å². The Kier molecular flexibility index (Phi) is 7.10. The van der Waals surface area contributed by atoms with E-state index in [1.54, 1.807) is 36.7 Å². The zero-order valence-electron chi connectivity index (χ0n) is 18.0. The summed E-state index contributed by atoms with van der Waals surface area (Å²) in [6, 6.07) is 11.2. The second-order valence-electron chi connectivity index (χ2n) is 8.20. The van der Waals surface area contributed by atoms with Crippen LogP contribution in [0.3, 0.4) is 0 Å². The Hall–Kier alpha value is -2.38. The third-order valence-electron chi connectivity index (χ3n) is 4.78. The van der Waals surface area contributed by atoms with Crippen LogP contribution >= 0.6 is 39.3 Å². The summed E-state index contributed by atoms with van der Waals surface area (Å²) in [4.78, 5) is 12.5. The van der Waals surface area contributed by atoms with Crippen LogP contribution in [0.1, 0.15) is 43.7 Å². The summed E-state index contributed by atoms with van der Waals surface area (Å²) in [6.07, 6.45) is 2.40. The van der Waals surface area contributed by atoms with Gasteiger partial charge >= 0.3 is 0 Å². The summed E-state index contributed by atoms with van der Waals surface area (Å²) in [5, 5.41) is 25.5. The number of nitrogens with zero attached hydrogens (tertiary/aromatic N) is 4. The van der Waals surface area contributed by atoms with Crippen LogP contribution in [0.4, 0.5) is 5.69 Å². The van der Waals surface area contributed by atoms with Crippen LogP contribution in [0, 0.1) is 11.8 Å². The molecule has 10 heteroatoms. The smallest absolute Gasteiger partial charge is 0.234 e. The lowest BCUT2D eigenvalue weighted by atomic mass is 10.1. The molecule has 2 aromatic carbocycles. The summed E-state index contributed by atoms with van der Waals surface area (Å²) in [6.45, 7) is 3.24. The number of tetrazole rings is 1. The number of thioether (sulfide) groups is 1. The average molecular weight is 547 g/mol. The molecule has 0 saturated heterocycles. The number of benzene rings is 2. The fourth-order valence-electron chi connectivity index (χ4n) is 3.02. The minimum absolute atomic E-state index is 0.116. The molecule has 3 aromatic rings. The van der Waals surface area contributed by atoms with E-state index in [0.29, 0.717) is 31.9 Å². The number of nitrogens with one attached hydrogen (secondary N) is 1. The number of hydrogen-bond donors (Lipinski definition) is 2. The average Bonchev–Trinajstić information content (AvgIpc) is 3.50. The van der Waals surface area contributed by atoms with Gasteiger partial charge in [0.05, 0.1) is 22.2 Å². The molecule has 0 spiro atoms. The number of anilines is 1. The maximum absolute atomic E-state index is 12.5. The lowest BCUT2D eigenvalue weighted by molar-refractivity contribution is -0.113. The number of carbonyl (C=O) groups is 1. The number of aromatic nitrogens is 4. The topological polar surface area (TPSA) is 92.9 Å². The molecular weight excluding hydrogens is 526 g/mol. The van der Waals surface area contributed by atoms with Crippen molar-refractivity contribution in [1.29, 1.82) is 0 Å². The van der Waals surface area contributed by atoms with Crippen molar-refractivity contribution in [2.45, 2.75) is 43.4 Å². The number of carbonyl (C=O) groups excluding carboxylic acids is 1. The molecule has 7 nitrogen and oxygen atoms in total. The van der Waals surface area contributed by atoms with Crippen molar-refractivity contribution in [3.8, 4) is 17.5 Å². The SMILES string of the molecule is CC(C)(O)C#Cc1ccc(NC(=O)CSc2nnnn2-c2ccc(C3CC3)cc2Cl)c(Br)c1. The van der Waals surface area contributed by atoms with E-state index in [1.807, 2.05) is 12.1 Å². The van der Waals surface area contributed by atoms with E-state index in [0.717, 1.165) is 5.56 Å². The Morgan fingerprint density at radius 1 is 1.33 bits per heavy atom. The molecule has 2 N–H and O–H groups in total. The Labute approximate surface area is 209 Å². The Bertz CT molecular complexity index is 1260. The summed E-state index contributed by atoms with van der Waals surface area (Å²) < 4.78 is 2.24. The van der Waals surface area contributed by atoms with Crippen molar-refractivity contribution >= 4 is 50.9 Å². The molecule has 0 bridgehead atoms. The van der Waals surface area contributed by atoms with Gasteiger partial charge in [0.2, 0.25) is 11.1 Å². The second kappa shape index (κ2) is 9.85. The number of hydrogen-bond acceptors (Lipinski definition) is 6. The van der Waals surface area contributed by atoms with Crippen LogP contribution in [0.5, 0.6) is 0 Å². The molecule has 1 aliphatic carbocycles. The van der Waals surface area contributed by atoms with Gasteiger partial charge in [-0.15, -0.1) is 5.10 Å². The first kappa shape index (κ1) is 23.8. The van der Waals surface area contributed by atoms with Crippen molar-refractivity contribution in [2.75, 3.05) is 11.1 Å². The number of aliphatic hydroxyl groups is 1. The first-order valence-electron chi connectivity index (χ1n) is 10.3. The van der Waals surface area contributed by atoms with Crippen LogP contribution < -0.4 is 5.32 Å². The highest BCUT2D eigenvalue weighted by Gasteiger charge is 2.24. The van der Waals surface area contributed by atoms with Crippen molar-refractivity contribution in [3.05, 3.63) is 57.0 Å². The molecule has 0 unspecified atom stereocenters. The lowest BCUT2D eigenvalue weighted by Crippen LogP contribution is -2.15. The molecule has 1 heterocycles. The third kappa shape index (κ3) is 6.36.